The molecule has 0 aliphatic carbocycles. The SMILES string of the molecule is CCc1oc(N2CCC(N)C(OC)C2)nc1C(=O)O. The highest BCUT2D eigenvalue weighted by molar-refractivity contribution is 5.86. The predicted octanol–water partition coefficient (Wildman–Crippen LogP) is 0.488. The first-order valence-corrected chi connectivity index (χ1v) is 6.33. The first-order chi connectivity index (χ1) is 9.06. The third kappa shape index (κ3) is 2.71. The summed E-state index contributed by atoms with van der Waals surface area (Å²) in [5.74, 6) is -0.671. The molecular weight excluding hydrogens is 250 g/mol. The van der Waals surface area contributed by atoms with Crippen LogP contribution in [-0.4, -0.2) is 48.4 Å². The van der Waals surface area contributed by atoms with Crippen LogP contribution >= 0.6 is 0 Å². The zero-order valence-corrected chi connectivity index (χ0v) is 11.1. The second-order valence-corrected chi connectivity index (χ2v) is 4.60. The minimum Gasteiger partial charge on any atom is -0.476 e. The number of carboxylic acid groups (broad SMARTS) is 1. The Morgan fingerprint density at radius 2 is 2.42 bits per heavy atom. The van der Waals surface area contributed by atoms with Crippen LogP contribution < -0.4 is 10.6 Å². The maximum Gasteiger partial charge on any atom is 0.358 e. The van der Waals surface area contributed by atoms with Gasteiger partial charge in [0, 0.05) is 26.1 Å². The number of piperidine rings is 1. The first-order valence-electron chi connectivity index (χ1n) is 6.33. The van der Waals surface area contributed by atoms with E-state index in [1.54, 1.807) is 7.11 Å². The van der Waals surface area contributed by atoms with Gasteiger partial charge in [0.15, 0.2) is 5.69 Å². The van der Waals surface area contributed by atoms with Gasteiger partial charge in [0.2, 0.25) is 0 Å². The van der Waals surface area contributed by atoms with Crippen molar-refractivity contribution in [2.24, 2.45) is 5.73 Å². The van der Waals surface area contributed by atoms with E-state index in [4.69, 9.17) is 20.0 Å². The van der Waals surface area contributed by atoms with Gasteiger partial charge in [0.1, 0.15) is 5.76 Å². The van der Waals surface area contributed by atoms with Crippen molar-refractivity contribution in [3.63, 3.8) is 0 Å². The summed E-state index contributed by atoms with van der Waals surface area (Å²) in [4.78, 5) is 17.0. The fourth-order valence-corrected chi connectivity index (χ4v) is 2.24. The molecule has 3 N–H and O–H groups in total. The van der Waals surface area contributed by atoms with Crippen LogP contribution in [0.4, 0.5) is 6.01 Å². The molecule has 2 rings (SSSR count). The van der Waals surface area contributed by atoms with E-state index in [1.165, 1.54) is 0 Å². The second-order valence-electron chi connectivity index (χ2n) is 4.60. The number of anilines is 1. The average Bonchev–Trinajstić information content (AvgIpc) is 2.83. The van der Waals surface area contributed by atoms with Crippen molar-refractivity contribution in [3.8, 4) is 0 Å². The second kappa shape index (κ2) is 5.58. The van der Waals surface area contributed by atoms with Crippen LogP contribution in [0.2, 0.25) is 0 Å². The monoisotopic (exact) mass is 269 g/mol. The highest BCUT2D eigenvalue weighted by atomic mass is 16.5. The molecule has 1 saturated heterocycles. The number of rotatable bonds is 4. The highest BCUT2D eigenvalue weighted by Crippen LogP contribution is 2.23. The van der Waals surface area contributed by atoms with Crippen molar-refractivity contribution in [2.75, 3.05) is 25.1 Å². The summed E-state index contributed by atoms with van der Waals surface area (Å²) in [7, 11) is 1.61. The number of carboxylic acids is 1. The molecule has 0 saturated carbocycles. The summed E-state index contributed by atoms with van der Waals surface area (Å²) in [6, 6.07) is 0.323. The zero-order valence-electron chi connectivity index (χ0n) is 11.1. The minimum atomic E-state index is -1.07. The molecule has 1 fully saturated rings. The van der Waals surface area contributed by atoms with Gasteiger partial charge in [-0.1, -0.05) is 6.92 Å². The van der Waals surface area contributed by atoms with Crippen molar-refractivity contribution < 1.29 is 19.1 Å². The fraction of sp³-hybridized carbons (Fsp3) is 0.667. The third-order valence-electron chi connectivity index (χ3n) is 3.39. The summed E-state index contributed by atoms with van der Waals surface area (Å²) < 4.78 is 10.8. The number of hydrogen-bond acceptors (Lipinski definition) is 6. The largest absolute Gasteiger partial charge is 0.476 e. The molecule has 19 heavy (non-hydrogen) atoms. The number of aromatic carboxylic acids is 1. The van der Waals surface area contributed by atoms with Gasteiger partial charge in [-0.2, -0.15) is 4.98 Å². The van der Waals surface area contributed by atoms with Gasteiger partial charge in [-0.15, -0.1) is 0 Å². The number of carbonyl (C=O) groups is 1. The number of nitrogens with two attached hydrogens (primary N) is 1. The van der Waals surface area contributed by atoms with E-state index in [0.717, 1.165) is 6.42 Å². The van der Waals surface area contributed by atoms with Crippen molar-refractivity contribution in [1.29, 1.82) is 0 Å². The van der Waals surface area contributed by atoms with E-state index in [1.807, 2.05) is 11.8 Å². The molecule has 2 atom stereocenters. The number of oxazole rings is 1. The van der Waals surface area contributed by atoms with E-state index in [0.29, 0.717) is 31.3 Å². The molecule has 0 amide bonds. The molecule has 1 aromatic heterocycles. The molecule has 0 radical (unpaired) electrons. The number of aromatic nitrogens is 1. The van der Waals surface area contributed by atoms with Crippen LogP contribution in [0.15, 0.2) is 4.42 Å². The summed E-state index contributed by atoms with van der Waals surface area (Å²) in [6.07, 6.45) is 1.15. The average molecular weight is 269 g/mol. The van der Waals surface area contributed by atoms with E-state index in [2.05, 4.69) is 4.98 Å². The first kappa shape index (κ1) is 13.8. The Hall–Kier alpha value is -1.60. The number of ether oxygens (including phenoxy) is 1. The molecule has 0 aromatic carbocycles. The molecule has 2 unspecified atom stereocenters. The highest BCUT2D eigenvalue weighted by Gasteiger charge is 2.30. The van der Waals surface area contributed by atoms with Crippen LogP contribution in [-0.2, 0) is 11.2 Å². The Labute approximate surface area is 111 Å². The van der Waals surface area contributed by atoms with Crippen molar-refractivity contribution in [2.45, 2.75) is 31.9 Å². The van der Waals surface area contributed by atoms with Gasteiger partial charge in [0.25, 0.3) is 6.01 Å². The Bertz CT molecular complexity index is 460. The third-order valence-corrected chi connectivity index (χ3v) is 3.39. The van der Waals surface area contributed by atoms with Gasteiger partial charge in [-0.25, -0.2) is 4.79 Å². The molecule has 0 bridgehead atoms. The number of aryl methyl sites for hydroxylation is 1. The topological polar surface area (TPSA) is 102 Å². The Balaban J connectivity index is 2.20. The van der Waals surface area contributed by atoms with E-state index >= 15 is 0 Å². The normalized spacial score (nSPS) is 23.6. The summed E-state index contributed by atoms with van der Waals surface area (Å²) in [5.41, 5.74) is 5.93. The van der Waals surface area contributed by atoms with Crippen LogP contribution in [0, 0.1) is 0 Å². The van der Waals surface area contributed by atoms with E-state index < -0.39 is 5.97 Å². The predicted molar refractivity (Wildman–Crippen MR) is 68.4 cm³/mol. The van der Waals surface area contributed by atoms with Gasteiger partial charge < -0.3 is 24.9 Å². The maximum absolute atomic E-state index is 11.1. The van der Waals surface area contributed by atoms with E-state index in [9.17, 15) is 4.79 Å². The Morgan fingerprint density at radius 1 is 1.68 bits per heavy atom. The summed E-state index contributed by atoms with van der Waals surface area (Å²) in [5, 5.41) is 9.06. The number of nitrogens with zero attached hydrogens (tertiary/aromatic N) is 2. The lowest BCUT2D eigenvalue weighted by Gasteiger charge is -2.34. The van der Waals surface area contributed by atoms with Crippen LogP contribution in [0.1, 0.15) is 29.6 Å². The number of hydrogen-bond donors (Lipinski definition) is 2. The van der Waals surface area contributed by atoms with Crippen molar-refractivity contribution in [1.82, 2.24) is 4.98 Å². The van der Waals surface area contributed by atoms with Gasteiger partial charge in [-0.3, -0.25) is 0 Å². The summed E-state index contributed by atoms with van der Waals surface area (Å²) >= 11 is 0. The van der Waals surface area contributed by atoms with Crippen LogP contribution in [0.25, 0.3) is 0 Å². The summed E-state index contributed by atoms with van der Waals surface area (Å²) in [6.45, 7) is 3.07. The lowest BCUT2D eigenvalue weighted by atomic mass is 10.0. The molecule has 0 spiro atoms. The quantitative estimate of drug-likeness (QED) is 0.820. The van der Waals surface area contributed by atoms with Crippen molar-refractivity contribution >= 4 is 12.0 Å². The maximum atomic E-state index is 11.1. The molecule has 7 heteroatoms. The van der Waals surface area contributed by atoms with Gasteiger partial charge in [0.05, 0.1) is 12.6 Å². The molecule has 1 aliphatic rings. The van der Waals surface area contributed by atoms with E-state index in [-0.39, 0.29) is 17.8 Å². The Morgan fingerprint density at radius 3 is 2.95 bits per heavy atom. The lowest BCUT2D eigenvalue weighted by Crippen LogP contribution is -2.51. The smallest absolute Gasteiger partial charge is 0.358 e. The van der Waals surface area contributed by atoms with Crippen molar-refractivity contribution in [3.05, 3.63) is 11.5 Å². The lowest BCUT2D eigenvalue weighted by molar-refractivity contribution is 0.0689. The van der Waals surface area contributed by atoms with Gasteiger partial charge in [-0.05, 0) is 6.42 Å². The zero-order chi connectivity index (χ0) is 14.0. The molecule has 7 nitrogen and oxygen atoms in total. The molecular formula is C12H19N3O4. The minimum absolute atomic E-state index is 0.0126. The molecule has 2 heterocycles. The molecule has 1 aliphatic heterocycles. The molecule has 1 aromatic rings. The molecule has 106 valence electrons. The van der Waals surface area contributed by atoms with Crippen LogP contribution in [0.5, 0.6) is 0 Å². The van der Waals surface area contributed by atoms with Crippen LogP contribution in [0.3, 0.4) is 0 Å². The Kier molecular flexibility index (Phi) is 4.06. The van der Waals surface area contributed by atoms with Gasteiger partial charge >= 0.3 is 5.97 Å². The standard InChI is InChI=1S/C12H19N3O4/c1-3-8-10(11(16)17)14-12(19-8)15-5-4-7(13)9(6-15)18-2/h7,9H,3-6,13H2,1-2H3,(H,16,17). The number of methoxy groups -OCH3 is 1. The fourth-order valence-electron chi connectivity index (χ4n) is 2.24.